The Hall–Kier alpha value is -2.50. The zero-order valence-corrected chi connectivity index (χ0v) is 9.73. The van der Waals surface area contributed by atoms with E-state index in [0.717, 1.165) is 12.1 Å². The molecule has 0 saturated heterocycles. The second-order valence-electron chi connectivity index (χ2n) is 3.81. The molecule has 0 aliphatic heterocycles. The van der Waals surface area contributed by atoms with Crippen LogP contribution in [0.3, 0.4) is 0 Å². The number of rotatable bonds is 4. The largest absolute Gasteiger partial charge is 0.476 e. The van der Waals surface area contributed by atoms with Crippen LogP contribution in [0.25, 0.3) is 0 Å². The van der Waals surface area contributed by atoms with Gasteiger partial charge in [0.2, 0.25) is 0 Å². The number of benzene rings is 1. The van der Waals surface area contributed by atoms with Crippen molar-refractivity contribution in [3.8, 4) is 0 Å². The van der Waals surface area contributed by atoms with E-state index in [1.54, 1.807) is 12.1 Å². The lowest BCUT2D eigenvalue weighted by molar-refractivity contribution is 0.0691. The smallest absolute Gasteiger partial charge is 0.356 e. The van der Waals surface area contributed by atoms with E-state index in [2.05, 4.69) is 10.3 Å². The first-order valence-corrected chi connectivity index (χ1v) is 5.44. The Labute approximate surface area is 107 Å². The van der Waals surface area contributed by atoms with Crippen molar-refractivity contribution in [2.75, 3.05) is 5.32 Å². The molecule has 0 bridgehead atoms. The topological polar surface area (TPSA) is 62.2 Å². The fourth-order valence-electron chi connectivity index (χ4n) is 1.57. The van der Waals surface area contributed by atoms with Crippen LogP contribution in [0.1, 0.15) is 16.1 Å². The van der Waals surface area contributed by atoms with Crippen LogP contribution in [-0.2, 0) is 6.54 Å². The first-order valence-electron chi connectivity index (χ1n) is 5.44. The van der Waals surface area contributed by atoms with Gasteiger partial charge in [-0.1, -0.05) is 6.07 Å². The third-order valence-electron chi connectivity index (χ3n) is 2.48. The van der Waals surface area contributed by atoms with Gasteiger partial charge in [0.15, 0.2) is 17.3 Å². The molecule has 0 saturated carbocycles. The molecular formula is C13H10F2N2O2. The Kier molecular flexibility index (Phi) is 3.70. The number of halogens is 2. The van der Waals surface area contributed by atoms with Gasteiger partial charge in [0.1, 0.15) is 0 Å². The molecule has 1 aromatic heterocycles. The number of nitrogens with zero attached hydrogens (tertiary/aromatic N) is 1. The molecule has 0 radical (unpaired) electrons. The monoisotopic (exact) mass is 264 g/mol. The van der Waals surface area contributed by atoms with Crippen LogP contribution in [-0.4, -0.2) is 16.1 Å². The second-order valence-corrected chi connectivity index (χ2v) is 3.81. The van der Waals surface area contributed by atoms with Gasteiger partial charge < -0.3 is 10.4 Å². The van der Waals surface area contributed by atoms with E-state index in [9.17, 15) is 13.6 Å². The summed E-state index contributed by atoms with van der Waals surface area (Å²) in [5.74, 6) is -3.02. The highest BCUT2D eigenvalue weighted by Gasteiger charge is 2.10. The Bertz CT molecular complexity index is 617. The third-order valence-corrected chi connectivity index (χ3v) is 2.48. The number of aromatic carboxylic acids is 1. The molecule has 0 aliphatic rings. The molecule has 0 aliphatic carbocycles. The number of nitrogens with one attached hydrogen (secondary N) is 1. The average Bonchev–Trinajstić information content (AvgIpc) is 2.40. The molecule has 4 nitrogen and oxygen atoms in total. The third kappa shape index (κ3) is 3.04. The molecule has 6 heteroatoms. The maximum atomic E-state index is 13.0. The molecule has 2 aromatic rings. The molecule has 2 N–H and O–H groups in total. The summed E-state index contributed by atoms with van der Waals surface area (Å²) in [6, 6.07) is 6.63. The molecule has 98 valence electrons. The number of hydrogen-bond acceptors (Lipinski definition) is 3. The average molecular weight is 264 g/mol. The van der Waals surface area contributed by atoms with Crippen LogP contribution in [0.5, 0.6) is 0 Å². The highest BCUT2D eigenvalue weighted by Crippen LogP contribution is 2.15. The van der Waals surface area contributed by atoms with Gasteiger partial charge in [-0.25, -0.2) is 18.6 Å². The van der Waals surface area contributed by atoms with E-state index in [1.165, 1.54) is 12.3 Å². The van der Waals surface area contributed by atoms with Gasteiger partial charge in [-0.05, 0) is 29.8 Å². The number of carboxylic acid groups (broad SMARTS) is 1. The molecule has 1 aromatic carbocycles. The van der Waals surface area contributed by atoms with Crippen LogP contribution in [0.4, 0.5) is 14.5 Å². The predicted molar refractivity (Wildman–Crippen MR) is 64.9 cm³/mol. The summed E-state index contributed by atoms with van der Waals surface area (Å²) >= 11 is 0. The predicted octanol–water partition coefficient (Wildman–Crippen LogP) is 2.67. The Morgan fingerprint density at radius 1 is 1.26 bits per heavy atom. The second kappa shape index (κ2) is 5.43. The quantitative estimate of drug-likeness (QED) is 0.891. The Morgan fingerprint density at radius 3 is 2.74 bits per heavy atom. The minimum absolute atomic E-state index is 0.120. The van der Waals surface area contributed by atoms with Crippen LogP contribution in [0.2, 0.25) is 0 Å². The number of aromatic nitrogens is 1. The van der Waals surface area contributed by atoms with Gasteiger partial charge in [0.05, 0.1) is 5.69 Å². The van der Waals surface area contributed by atoms with Gasteiger partial charge in [-0.2, -0.15) is 0 Å². The summed E-state index contributed by atoms with van der Waals surface area (Å²) in [4.78, 5) is 14.6. The SMILES string of the molecule is O=C(O)c1ncccc1NCc1ccc(F)c(F)c1. The Morgan fingerprint density at radius 2 is 2.05 bits per heavy atom. The van der Waals surface area contributed by atoms with Crippen LogP contribution in [0, 0.1) is 11.6 Å². The van der Waals surface area contributed by atoms with Crippen molar-refractivity contribution in [3.63, 3.8) is 0 Å². The normalized spacial score (nSPS) is 10.2. The molecule has 0 amide bonds. The van der Waals surface area contributed by atoms with Gasteiger partial charge in [-0.15, -0.1) is 0 Å². The summed E-state index contributed by atoms with van der Waals surface area (Å²) in [5, 5.41) is 11.8. The minimum Gasteiger partial charge on any atom is -0.476 e. The van der Waals surface area contributed by atoms with Crippen molar-refractivity contribution in [1.29, 1.82) is 0 Å². The number of anilines is 1. The molecule has 2 rings (SSSR count). The maximum Gasteiger partial charge on any atom is 0.356 e. The summed E-state index contributed by atoms with van der Waals surface area (Å²) in [6.07, 6.45) is 1.37. The highest BCUT2D eigenvalue weighted by molar-refractivity contribution is 5.91. The van der Waals surface area contributed by atoms with Crippen molar-refractivity contribution >= 4 is 11.7 Å². The molecule has 0 atom stereocenters. The lowest BCUT2D eigenvalue weighted by Crippen LogP contribution is -2.08. The molecular weight excluding hydrogens is 254 g/mol. The zero-order valence-electron chi connectivity index (χ0n) is 9.73. The molecule has 0 fully saturated rings. The van der Waals surface area contributed by atoms with Crippen molar-refractivity contribution in [2.24, 2.45) is 0 Å². The van der Waals surface area contributed by atoms with Gasteiger partial charge in [0, 0.05) is 12.7 Å². The summed E-state index contributed by atoms with van der Waals surface area (Å²) < 4.78 is 25.8. The molecule has 0 unspecified atom stereocenters. The highest BCUT2D eigenvalue weighted by atomic mass is 19.2. The number of carbonyl (C=O) groups is 1. The van der Waals surface area contributed by atoms with E-state index < -0.39 is 17.6 Å². The van der Waals surface area contributed by atoms with Crippen LogP contribution in [0.15, 0.2) is 36.5 Å². The van der Waals surface area contributed by atoms with Crippen LogP contribution < -0.4 is 5.32 Å². The first-order chi connectivity index (χ1) is 9.08. The Balaban J connectivity index is 2.14. The van der Waals surface area contributed by atoms with Gasteiger partial charge in [0.25, 0.3) is 0 Å². The van der Waals surface area contributed by atoms with Crippen molar-refractivity contribution in [3.05, 3.63) is 59.4 Å². The standard InChI is InChI=1S/C13H10F2N2O2/c14-9-4-3-8(6-10(9)15)7-17-11-2-1-5-16-12(11)13(18)19/h1-6,17H,7H2,(H,18,19). The van der Waals surface area contributed by atoms with Crippen LogP contribution >= 0.6 is 0 Å². The number of hydrogen-bond donors (Lipinski definition) is 2. The fourth-order valence-corrected chi connectivity index (χ4v) is 1.57. The number of carboxylic acids is 1. The maximum absolute atomic E-state index is 13.0. The fraction of sp³-hybridized carbons (Fsp3) is 0.0769. The molecule has 19 heavy (non-hydrogen) atoms. The summed E-state index contributed by atoms with van der Waals surface area (Å²) in [5.41, 5.74) is 0.698. The van der Waals surface area contributed by atoms with Gasteiger partial charge in [-0.3, -0.25) is 0 Å². The lowest BCUT2D eigenvalue weighted by atomic mass is 10.2. The molecule has 1 heterocycles. The summed E-state index contributed by atoms with van der Waals surface area (Å²) in [7, 11) is 0. The first kappa shape index (κ1) is 12.9. The van der Waals surface area contributed by atoms with E-state index in [4.69, 9.17) is 5.11 Å². The zero-order chi connectivity index (χ0) is 13.8. The van der Waals surface area contributed by atoms with Gasteiger partial charge >= 0.3 is 5.97 Å². The van der Waals surface area contributed by atoms with E-state index >= 15 is 0 Å². The lowest BCUT2D eigenvalue weighted by Gasteiger charge is -2.08. The van der Waals surface area contributed by atoms with Crippen molar-refractivity contribution in [1.82, 2.24) is 4.98 Å². The molecule has 0 spiro atoms. The van der Waals surface area contributed by atoms with Crippen molar-refractivity contribution in [2.45, 2.75) is 6.54 Å². The van der Waals surface area contributed by atoms with Crippen molar-refractivity contribution < 1.29 is 18.7 Å². The number of pyridine rings is 1. The van der Waals surface area contributed by atoms with E-state index in [-0.39, 0.29) is 12.2 Å². The van der Waals surface area contributed by atoms with E-state index in [0.29, 0.717) is 11.3 Å². The summed E-state index contributed by atoms with van der Waals surface area (Å²) in [6.45, 7) is 0.170. The van der Waals surface area contributed by atoms with E-state index in [1.807, 2.05) is 0 Å². The minimum atomic E-state index is -1.16.